The Morgan fingerprint density at radius 2 is 1.24 bits per heavy atom. The second-order valence-electron chi connectivity index (χ2n) is 7.26. The second-order valence-corrected chi connectivity index (χ2v) is 7.26. The molecule has 0 N–H and O–H groups in total. The standard InChI is InChI=1S/C23H30O4.2Y/c1-17(25-6)16-26-21-11-7-19(8-12-21)23(3,4)20-9-13-22(14-10-20)27-18(2)15-24-5;;/h7-14,17-18H,5-6,15-16H2,1-4H3;;/q-2;;. The molecule has 0 bridgehead atoms. The van der Waals surface area contributed by atoms with E-state index in [0.29, 0.717) is 13.2 Å². The van der Waals surface area contributed by atoms with Crippen LogP contribution in [0.1, 0.15) is 38.8 Å². The number of benzene rings is 2. The molecule has 2 unspecified atom stereocenters. The molecule has 2 rings (SSSR count). The summed E-state index contributed by atoms with van der Waals surface area (Å²) in [5, 5.41) is 0. The first kappa shape index (κ1) is 29.2. The van der Waals surface area contributed by atoms with Gasteiger partial charge < -0.3 is 18.9 Å². The third-order valence-electron chi connectivity index (χ3n) is 4.61. The van der Waals surface area contributed by atoms with E-state index in [9.17, 15) is 0 Å². The van der Waals surface area contributed by atoms with Crippen LogP contribution < -0.4 is 9.47 Å². The average molecular weight is 548 g/mol. The van der Waals surface area contributed by atoms with Gasteiger partial charge in [-0.3, -0.25) is 0 Å². The van der Waals surface area contributed by atoms with Crippen LogP contribution in [0.25, 0.3) is 0 Å². The zero-order valence-electron chi connectivity index (χ0n) is 17.9. The third-order valence-corrected chi connectivity index (χ3v) is 4.61. The first-order valence-electron chi connectivity index (χ1n) is 9.15. The van der Waals surface area contributed by atoms with Crippen LogP contribution in [0.2, 0.25) is 0 Å². The van der Waals surface area contributed by atoms with Crippen molar-refractivity contribution in [2.45, 2.75) is 45.3 Å². The summed E-state index contributed by atoms with van der Waals surface area (Å²) in [6, 6.07) is 16.4. The summed E-state index contributed by atoms with van der Waals surface area (Å²) in [7, 11) is 6.79. The fourth-order valence-electron chi connectivity index (χ4n) is 2.78. The number of hydrogen-bond acceptors (Lipinski definition) is 4. The van der Waals surface area contributed by atoms with Crippen LogP contribution in [-0.4, -0.2) is 25.4 Å². The van der Waals surface area contributed by atoms with E-state index in [1.165, 1.54) is 11.1 Å². The molecular formula is C23H30O4Y2-2. The minimum absolute atomic E-state index is 0. The van der Waals surface area contributed by atoms with Crippen molar-refractivity contribution in [3.63, 3.8) is 0 Å². The van der Waals surface area contributed by atoms with Gasteiger partial charge in [0.15, 0.2) is 0 Å². The summed E-state index contributed by atoms with van der Waals surface area (Å²) in [4.78, 5) is 0. The van der Waals surface area contributed by atoms with Gasteiger partial charge in [0.25, 0.3) is 0 Å². The van der Waals surface area contributed by atoms with E-state index >= 15 is 0 Å². The van der Waals surface area contributed by atoms with E-state index < -0.39 is 0 Å². The maximum absolute atomic E-state index is 5.80. The van der Waals surface area contributed by atoms with Crippen molar-refractivity contribution in [1.82, 2.24) is 0 Å². The molecule has 2 aromatic rings. The smallest absolute Gasteiger partial charge is 0.119 e. The molecule has 4 nitrogen and oxygen atoms in total. The molecule has 0 fully saturated rings. The number of rotatable bonds is 10. The molecule has 6 heteroatoms. The molecule has 0 aliphatic carbocycles. The SMILES string of the molecule is [CH2-]OCC(C)Oc1ccc(C(C)(C)c2ccc(OCC(C)O[CH2-])cc2)cc1.[Y].[Y]. The van der Waals surface area contributed by atoms with Crippen LogP contribution in [0.5, 0.6) is 11.5 Å². The van der Waals surface area contributed by atoms with Crippen molar-refractivity contribution in [3.8, 4) is 11.5 Å². The van der Waals surface area contributed by atoms with E-state index in [4.69, 9.17) is 18.9 Å². The Morgan fingerprint density at radius 3 is 1.69 bits per heavy atom. The quantitative estimate of drug-likeness (QED) is 0.385. The van der Waals surface area contributed by atoms with Gasteiger partial charge >= 0.3 is 0 Å². The minimum Gasteiger partial charge on any atom is -0.552 e. The van der Waals surface area contributed by atoms with E-state index in [1.807, 2.05) is 38.1 Å². The molecule has 0 spiro atoms. The Labute approximate surface area is 226 Å². The van der Waals surface area contributed by atoms with Gasteiger partial charge in [-0.05, 0) is 49.2 Å². The van der Waals surface area contributed by atoms with E-state index in [0.717, 1.165) is 11.5 Å². The van der Waals surface area contributed by atoms with Crippen molar-refractivity contribution < 1.29 is 84.4 Å². The molecule has 2 aromatic carbocycles. The van der Waals surface area contributed by atoms with Crippen molar-refractivity contribution >= 4 is 0 Å². The molecule has 0 aliphatic rings. The molecule has 2 atom stereocenters. The molecule has 0 amide bonds. The summed E-state index contributed by atoms with van der Waals surface area (Å²) in [6.07, 6.45) is -0.0739. The first-order valence-corrected chi connectivity index (χ1v) is 9.15. The Kier molecular flexibility index (Phi) is 14.4. The molecule has 2 radical (unpaired) electrons. The Hall–Kier alpha value is 0.168. The maximum atomic E-state index is 5.80. The Morgan fingerprint density at radius 1 is 0.759 bits per heavy atom. The summed E-state index contributed by atoms with van der Waals surface area (Å²) in [5.74, 6) is 1.65. The third kappa shape index (κ3) is 9.05. The van der Waals surface area contributed by atoms with Gasteiger partial charge in [0, 0.05) is 77.4 Å². The van der Waals surface area contributed by atoms with E-state index in [-0.39, 0.29) is 83.0 Å². The molecular weight excluding hydrogens is 518 g/mol. The zero-order valence-corrected chi connectivity index (χ0v) is 23.6. The largest absolute Gasteiger partial charge is 0.552 e. The molecule has 0 saturated heterocycles. The predicted molar refractivity (Wildman–Crippen MR) is 108 cm³/mol. The fraction of sp³-hybridized carbons (Fsp3) is 0.391. The van der Waals surface area contributed by atoms with Gasteiger partial charge in [-0.1, -0.05) is 38.1 Å². The van der Waals surface area contributed by atoms with Crippen LogP contribution >= 0.6 is 0 Å². The van der Waals surface area contributed by atoms with E-state index in [1.54, 1.807) is 0 Å². The predicted octanol–water partition coefficient (Wildman–Crippen LogP) is 5.16. The summed E-state index contributed by atoms with van der Waals surface area (Å²) in [6.45, 7) is 9.22. The first-order chi connectivity index (χ1) is 12.9. The second kappa shape index (κ2) is 14.3. The topological polar surface area (TPSA) is 36.9 Å². The average Bonchev–Trinajstić information content (AvgIpc) is 2.67. The van der Waals surface area contributed by atoms with Crippen molar-refractivity contribution in [1.29, 1.82) is 0 Å². The normalized spacial score (nSPS) is 12.9. The van der Waals surface area contributed by atoms with Gasteiger partial charge in [0.1, 0.15) is 24.2 Å². The number of ether oxygens (including phenoxy) is 4. The van der Waals surface area contributed by atoms with Crippen LogP contribution in [0.15, 0.2) is 48.5 Å². The minimum atomic E-state index is -0.136. The van der Waals surface area contributed by atoms with Gasteiger partial charge in [0.2, 0.25) is 0 Å². The van der Waals surface area contributed by atoms with E-state index in [2.05, 4.69) is 52.3 Å². The van der Waals surface area contributed by atoms with Gasteiger partial charge in [-0.15, -0.1) is 0 Å². The number of hydrogen-bond donors (Lipinski definition) is 0. The van der Waals surface area contributed by atoms with Crippen molar-refractivity contribution in [2.24, 2.45) is 0 Å². The van der Waals surface area contributed by atoms with Crippen molar-refractivity contribution in [3.05, 3.63) is 73.9 Å². The molecule has 0 heterocycles. The molecule has 0 aliphatic heterocycles. The van der Waals surface area contributed by atoms with Crippen LogP contribution in [0, 0.1) is 14.2 Å². The Balaban J connectivity index is 0.00000392. The molecule has 154 valence electrons. The van der Waals surface area contributed by atoms with Crippen LogP contribution in [0.4, 0.5) is 0 Å². The summed E-state index contributed by atoms with van der Waals surface area (Å²) < 4.78 is 21.3. The summed E-state index contributed by atoms with van der Waals surface area (Å²) in [5.41, 5.74) is 2.29. The van der Waals surface area contributed by atoms with Gasteiger partial charge in [0.05, 0.1) is 6.10 Å². The van der Waals surface area contributed by atoms with Gasteiger partial charge in [-0.2, -0.15) is 0 Å². The zero-order chi connectivity index (χ0) is 19.9. The monoisotopic (exact) mass is 548 g/mol. The van der Waals surface area contributed by atoms with Crippen molar-refractivity contribution in [2.75, 3.05) is 13.2 Å². The fourth-order valence-corrected chi connectivity index (χ4v) is 2.78. The molecule has 29 heavy (non-hydrogen) atoms. The Bertz CT molecular complexity index is 687. The van der Waals surface area contributed by atoms with Crippen LogP contribution in [0.3, 0.4) is 0 Å². The molecule has 0 saturated carbocycles. The summed E-state index contributed by atoms with van der Waals surface area (Å²) >= 11 is 0. The van der Waals surface area contributed by atoms with Gasteiger partial charge in [-0.25, -0.2) is 14.2 Å². The van der Waals surface area contributed by atoms with Crippen LogP contribution in [-0.2, 0) is 80.3 Å². The molecule has 0 aromatic heterocycles. The maximum Gasteiger partial charge on any atom is 0.119 e.